The first-order valence-electron chi connectivity index (χ1n) is 12.3. The first-order valence-corrected chi connectivity index (χ1v) is 12.3. The van der Waals surface area contributed by atoms with Crippen molar-refractivity contribution in [3.63, 3.8) is 0 Å². The molecule has 3 rings (SSSR count). The van der Waals surface area contributed by atoms with E-state index in [0.29, 0.717) is 12.2 Å². The van der Waals surface area contributed by atoms with Crippen LogP contribution in [0.2, 0.25) is 0 Å². The van der Waals surface area contributed by atoms with Gasteiger partial charge in [0.2, 0.25) is 0 Å². The highest BCUT2D eigenvalue weighted by molar-refractivity contribution is 6.04. The Kier molecular flexibility index (Phi) is 9.86. The monoisotopic (exact) mass is 536 g/mol. The third-order valence-corrected chi connectivity index (χ3v) is 6.10. The van der Waals surface area contributed by atoms with Crippen molar-refractivity contribution in [1.29, 1.82) is 0 Å². The lowest BCUT2D eigenvalue weighted by Gasteiger charge is -2.25. The van der Waals surface area contributed by atoms with E-state index in [4.69, 9.17) is 18.9 Å². The van der Waals surface area contributed by atoms with Gasteiger partial charge in [0.25, 0.3) is 5.91 Å². The van der Waals surface area contributed by atoms with Gasteiger partial charge in [-0.15, -0.1) is 0 Å². The number of rotatable bonds is 10. The van der Waals surface area contributed by atoms with Gasteiger partial charge in [-0.05, 0) is 66.8 Å². The number of esters is 2. The van der Waals surface area contributed by atoms with Crippen LogP contribution < -0.4 is 10.1 Å². The molecule has 1 aliphatic heterocycles. The number of amides is 2. The fraction of sp³-hybridized carbons (Fsp3) is 0.310. The van der Waals surface area contributed by atoms with E-state index in [0.717, 1.165) is 22.3 Å². The molecule has 0 aliphatic carbocycles. The van der Waals surface area contributed by atoms with E-state index in [2.05, 4.69) is 11.9 Å². The lowest BCUT2D eigenvalue weighted by Crippen LogP contribution is -2.37. The molecule has 0 aromatic heterocycles. The van der Waals surface area contributed by atoms with Crippen LogP contribution in [0.1, 0.15) is 40.4 Å². The average Bonchev–Trinajstić information content (AvgIpc) is 3.35. The maximum absolute atomic E-state index is 13.9. The Labute approximate surface area is 227 Å². The van der Waals surface area contributed by atoms with Gasteiger partial charge >= 0.3 is 18.0 Å². The van der Waals surface area contributed by atoms with Crippen molar-refractivity contribution in [2.45, 2.75) is 33.2 Å². The molecule has 1 atom stereocenters. The van der Waals surface area contributed by atoms with Crippen LogP contribution in [0, 0.1) is 13.8 Å². The second-order valence-corrected chi connectivity index (χ2v) is 8.91. The van der Waals surface area contributed by atoms with E-state index < -0.39 is 36.6 Å². The Morgan fingerprint density at radius 2 is 1.74 bits per heavy atom. The number of carbonyl (C=O) groups is 4. The van der Waals surface area contributed by atoms with Gasteiger partial charge < -0.3 is 23.8 Å². The smallest absolute Gasteiger partial charge is 0.412 e. The van der Waals surface area contributed by atoms with Crippen molar-refractivity contribution < 1.29 is 38.1 Å². The predicted molar refractivity (Wildman–Crippen MR) is 144 cm³/mol. The van der Waals surface area contributed by atoms with E-state index >= 15 is 0 Å². The number of methoxy groups -OCH3 is 1. The summed E-state index contributed by atoms with van der Waals surface area (Å²) >= 11 is 0. The van der Waals surface area contributed by atoms with Crippen molar-refractivity contribution in [2.24, 2.45) is 0 Å². The van der Waals surface area contributed by atoms with Gasteiger partial charge in [-0.25, -0.2) is 9.59 Å². The molecule has 0 saturated carbocycles. The molecule has 2 amide bonds. The van der Waals surface area contributed by atoms with Crippen molar-refractivity contribution >= 4 is 35.2 Å². The van der Waals surface area contributed by atoms with E-state index in [1.807, 2.05) is 38.1 Å². The molecule has 10 heteroatoms. The van der Waals surface area contributed by atoms with Crippen molar-refractivity contribution in [3.05, 3.63) is 77.5 Å². The lowest BCUT2D eigenvalue weighted by molar-refractivity contribution is -0.145. The summed E-state index contributed by atoms with van der Waals surface area (Å²) in [4.78, 5) is 51.0. The molecule has 2 aromatic rings. The Balaban J connectivity index is 1.88. The van der Waals surface area contributed by atoms with Crippen molar-refractivity contribution in [1.82, 2.24) is 4.90 Å². The zero-order valence-electron chi connectivity index (χ0n) is 22.4. The fourth-order valence-electron chi connectivity index (χ4n) is 3.95. The molecule has 0 unspecified atom stereocenters. The fourth-order valence-corrected chi connectivity index (χ4v) is 3.95. The zero-order valence-corrected chi connectivity index (χ0v) is 22.4. The number of nitrogens with one attached hydrogen (secondary N) is 1. The molecule has 39 heavy (non-hydrogen) atoms. The molecular weight excluding hydrogens is 504 g/mol. The number of anilines is 1. The normalized spacial score (nSPS) is 14.2. The van der Waals surface area contributed by atoms with E-state index in [1.54, 1.807) is 25.4 Å². The van der Waals surface area contributed by atoms with Crippen LogP contribution in [0.15, 0.2) is 55.3 Å². The Morgan fingerprint density at radius 3 is 2.38 bits per heavy atom. The number of ether oxygens (including phenoxy) is 4. The Hall–Kier alpha value is -4.60. The van der Waals surface area contributed by atoms with Crippen LogP contribution in [0.25, 0.3) is 5.57 Å². The highest BCUT2D eigenvalue weighted by Crippen LogP contribution is 2.33. The third kappa shape index (κ3) is 7.70. The highest BCUT2D eigenvalue weighted by atomic mass is 16.6. The molecular formula is C29H32N2O8. The quantitative estimate of drug-likeness (QED) is 0.269. The molecule has 10 nitrogen and oxygen atoms in total. The predicted octanol–water partition coefficient (Wildman–Crippen LogP) is 4.41. The second-order valence-electron chi connectivity index (χ2n) is 8.91. The first-order chi connectivity index (χ1) is 18.6. The van der Waals surface area contributed by atoms with E-state index in [-0.39, 0.29) is 24.5 Å². The topological polar surface area (TPSA) is 120 Å². The maximum Gasteiger partial charge on any atom is 0.412 e. The summed E-state index contributed by atoms with van der Waals surface area (Å²) in [7, 11) is 1.58. The van der Waals surface area contributed by atoms with Crippen LogP contribution >= 0.6 is 0 Å². The Morgan fingerprint density at radius 1 is 1.05 bits per heavy atom. The molecule has 0 spiro atoms. The summed E-state index contributed by atoms with van der Waals surface area (Å²) in [6, 6.07) is 10.3. The summed E-state index contributed by atoms with van der Waals surface area (Å²) in [5, 5.41) is 2.56. The minimum atomic E-state index is -0.921. The molecule has 0 saturated heterocycles. The third-order valence-electron chi connectivity index (χ3n) is 6.10. The van der Waals surface area contributed by atoms with Crippen LogP contribution in [-0.2, 0) is 23.8 Å². The molecule has 2 aromatic carbocycles. The van der Waals surface area contributed by atoms with Crippen LogP contribution in [-0.4, -0.2) is 61.8 Å². The largest absolute Gasteiger partial charge is 0.497 e. The van der Waals surface area contributed by atoms with Crippen molar-refractivity contribution in [2.75, 3.05) is 32.2 Å². The SMILES string of the molecule is C=CCOC(=O)COC(=O)Nc1cc(C)c(C)cc1C(=O)N1C=C(c2ccc(OC)cc2)C[C@H]1COC(C)=O. The molecule has 1 N–H and O–H groups in total. The van der Waals surface area contributed by atoms with Crippen molar-refractivity contribution in [3.8, 4) is 5.75 Å². The zero-order chi connectivity index (χ0) is 28.5. The number of hydrogen-bond acceptors (Lipinski definition) is 8. The molecule has 206 valence electrons. The van der Waals surface area contributed by atoms with Crippen LogP contribution in [0.4, 0.5) is 10.5 Å². The molecule has 1 heterocycles. The first kappa shape index (κ1) is 29.0. The minimum Gasteiger partial charge on any atom is -0.497 e. The van der Waals surface area contributed by atoms with Gasteiger partial charge in [0.15, 0.2) is 6.61 Å². The second kappa shape index (κ2) is 13.3. The molecule has 0 radical (unpaired) electrons. The van der Waals surface area contributed by atoms with Gasteiger partial charge in [-0.2, -0.15) is 0 Å². The van der Waals surface area contributed by atoms with E-state index in [9.17, 15) is 19.2 Å². The summed E-state index contributed by atoms with van der Waals surface area (Å²) < 4.78 is 20.2. The number of carbonyl (C=O) groups excluding carboxylic acids is 4. The van der Waals surface area contributed by atoms with Gasteiger partial charge in [-0.3, -0.25) is 14.9 Å². The molecule has 1 aliphatic rings. The average molecular weight is 537 g/mol. The van der Waals surface area contributed by atoms with Gasteiger partial charge in [0, 0.05) is 13.1 Å². The summed E-state index contributed by atoms with van der Waals surface area (Å²) in [5.74, 6) is -0.890. The number of hydrogen-bond donors (Lipinski definition) is 1. The number of aryl methyl sites for hydroxylation is 2. The van der Waals surface area contributed by atoms with Gasteiger partial charge in [0.1, 0.15) is 19.0 Å². The van der Waals surface area contributed by atoms with Gasteiger partial charge in [0.05, 0.1) is 24.4 Å². The lowest BCUT2D eigenvalue weighted by atomic mass is 10.0. The highest BCUT2D eigenvalue weighted by Gasteiger charge is 2.33. The summed E-state index contributed by atoms with van der Waals surface area (Å²) in [6.45, 7) is 7.84. The van der Waals surface area contributed by atoms with Crippen LogP contribution in [0.5, 0.6) is 5.75 Å². The minimum absolute atomic E-state index is 0.000302. The molecule has 0 bridgehead atoms. The summed E-state index contributed by atoms with van der Waals surface area (Å²) in [6.07, 6.45) is 2.65. The maximum atomic E-state index is 13.9. The van der Waals surface area contributed by atoms with Crippen LogP contribution in [0.3, 0.4) is 0 Å². The standard InChI is InChI=1S/C29H32N2O8/c1-6-11-37-27(33)17-39-29(35)30-26-13-19(3)18(2)12-25(26)28(34)31-15-22(14-23(31)16-38-20(4)32)21-7-9-24(36-5)10-8-21/h6-10,12-13,15,23H,1,11,14,16-17H2,2-5H3,(H,30,35)/t23-/m0/s1. The summed E-state index contributed by atoms with van der Waals surface area (Å²) in [5.41, 5.74) is 3.86. The Bertz CT molecular complexity index is 1280. The van der Waals surface area contributed by atoms with E-state index in [1.165, 1.54) is 17.9 Å². The van der Waals surface area contributed by atoms with Gasteiger partial charge in [-0.1, -0.05) is 24.8 Å². The number of nitrogens with zero attached hydrogens (tertiary/aromatic N) is 1. The molecule has 0 fully saturated rings. The number of benzene rings is 2.